The van der Waals surface area contributed by atoms with Crippen LogP contribution in [0.1, 0.15) is 31.9 Å². The summed E-state index contributed by atoms with van der Waals surface area (Å²) in [5, 5.41) is 6.87. The van der Waals surface area contributed by atoms with Gasteiger partial charge in [-0.05, 0) is 36.3 Å². The van der Waals surface area contributed by atoms with E-state index in [2.05, 4.69) is 37.5 Å². The number of hydrogen-bond donors (Lipinski definition) is 2. The minimum absolute atomic E-state index is 0.0241. The molecule has 2 atom stereocenters. The van der Waals surface area contributed by atoms with Crippen molar-refractivity contribution in [3.8, 4) is 0 Å². The number of anilines is 1. The SMILES string of the molecule is Cc1c(CSC(C)C)cccc1NC(=O)[C@H]1NCCO[C@@H]1C. The Morgan fingerprint density at radius 1 is 1.50 bits per heavy atom. The Hall–Kier alpha value is -1.04. The van der Waals surface area contributed by atoms with E-state index < -0.39 is 0 Å². The first kappa shape index (κ1) is 17.3. The molecule has 4 nitrogen and oxygen atoms in total. The fraction of sp³-hybridized carbons (Fsp3) is 0.588. The number of carbonyl (C=O) groups is 1. The third-order valence-corrected chi connectivity index (χ3v) is 5.02. The Morgan fingerprint density at radius 3 is 2.95 bits per heavy atom. The molecule has 0 radical (unpaired) electrons. The van der Waals surface area contributed by atoms with Gasteiger partial charge in [0.05, 0.1) is 12.7 Å². The molecular weight excluding hydrogens is 296 g/mol. The quantitative estimate of drug-likeness (QED) is 0.875. The van der Waals surface area contributed by atoms with Crippen molar-refractivity contribution in [2.45, 2.75) is 50.8 Å². The molecule has 22 heavy (non-hydrogen) atoms. The van der Waals surface area contributed by atoms with Crippen LogP contribution in [0.15, 0.2) is 18.2 Å². The monoisotopic (exact) mass is 322 g/mol. The van der Waals surface area contributed by atoms with Crippen LogP contribution in [-0.4, -0.2) is 36.5 Å². The maximum Gasteiger partial charge on any atom is 0.244 e. The van der Waals surface area contributed by atoms with Crippen molar-refractivity contribution in [3.05, 3.63) is 29.3 Å². The highest BCUT2D eigenvalue weighted by molar-refractivity contribution is 7.99. The fourth-order valence-corrected chi connectivity index (χ4v) is 3.30. The van der Waals surface area contributed by atoms with Crippen molar-refractivity contribution in [3.63, 3.8) is 0 Å². The van der Waals surface area contributed by atoms with Gasteiger partial charge in [0.25, 0.3) is 0 Å². The number of ether oxygens (including phenoxy) is 1. The van der Waals surface area contributed by atoms with Crippen LogP contribution in [0.2, 0.25) is 0 Å². The van der Waals surface area contributed by atoms with Crippen molar-refractivity contribution < 1.29 is 9.53 Å². The molecule has 0 bridgehead atoms. The number of amides is 1. The summed E-state index contributed by atoms with van der Waals surface area (Å²) in [5.74, 6) is 0.943. The second kappa shape index (κ2) is 7.99. The van der Waals surface area contributed by atoms with E-state index in [0.29, 0.717) is 18.4 Å². The minimum atomic E-state index is -0.290. The fourth-order valence-electron chi connectivity index (χ4n) is 2.47. The highest BCUT2D eigenvalue weighted by atomic mass is 32.2. The smallest absolute Gasteiger partial charge is 0.244 e. The first-order valence-electron chi connectivity index (χ1n) is 7.85. The predicted molar refractivity (Wildman–Crippen MR) is 93.4 cm³/mol. The van der Waals surface area contributed by atoms with E-state index in [0.717, 1.165) is 17.0 Å². The van der Waals surface area contributed by atoms with Gasteiger partial charge in [-0.2, -0.15) is 11.8 Å². The van der Waals surface area contributed by atoms with Gasteiger partial charge in [0.2, 0.25) is 5.91 Å². The summed E-state index contributed by atoms with van der Waals surface area (Å²) < 4.78 is 5.54. The van der Waals surface area contributed by atoms with E-state index in [9.17, 15) is 4.79 Å². The highest BCUT2D eigenvalue weighted by Crippen LogP contribution is 2.25. The largest absolute Gasteiger partial charge is 0.375 e. The number of hydrogen-bond acceptors (Lipinski definition) is 4. The standard InChI is InChI=1S/C17H26N2O2S/c1-11(2)22-10-14-6-5-7-15(12(14)3)19-17(20)16-13(4)21-9-8-18-16/h5-7,11,13,16,18H,8-10H2,1-4H3,(H,19,20)/t13-,16+/m1/s1. The lowest BCUT2D eigenvalue weighted by Crippen LogP contribution is -2.53. The third kappa shape index (κ3) is 4.48. The Labute approximate surface area is 137 Å². The lowest BCUT2D eigenvalue weighted by molar-refractivity contribution is -0.123. The molecule has 0 unspecified atom stereocenters. The molecule has 1 aliphatic rings. The number of carbonyl (C=O) groups excluding carboxylic acids is 1. The molecule has 2 rings (SSSR count). The first-order valence-corrected chi connectivity index (χ1v) is 8.90. The van der Waals surface area contributed by atoms with Crippen LogP contribution < -0.4 is 10.6 Å². The van der Waals surface area contributed by atoms with E-state index in [4.69, 9.17) is 4.74 Å². The molecule has 1 aromatic rings. The van der Waals surface area contributed by atoms with E-state index >= 15 is 0 Å². The van der Waals surface area contributed by atoms with Crippen LogP contribution in [0.25, 0.3) is 0 Å². The second-order valence-electron chi connectivity index (χ2n) is 5.95. The van der Waals surface area contributed by atoms with Crippen LogP contribution in [0, 0.1) is 6.92 Å². The number of morpholine rings is 1. The maximum absolute atomic E-state index is 12.4. The first-order chi connectivity index (χ1) is 10.5. The van der Waals surface area contributed by atoms with Crippen molar-refractivity contribution in [1.82, 2.24) is 5.32 Å². The minimum Gasteiger partial charge on any atom is -0.375 e. The molecule has 0 spiro atoms. The van der Waals surface area contributed by atoms with Gasteiger partial charge in [-0.3, -0.25) is 4.79 Å². The summed E-state index contributed by atoms with van der Waals surface area (Å²) in [6, 6.07) is 5.81. The van der Waals surface area contributed by atoms with Crippen LogP contribution in [0.4, 0.5) is 5.69 Å². The van der Waals surface area contributed by atoms with E-state index in [1.54, 1.807) is 0 Å². The van der Waals surface area contributed by atoms with Crippen LogP contribution in [0.3, 0.4) is 0 Å². The van der Waals surface area contributed by atoms with E-state index in [1.165, 1.54) is 5.56 Å². The molecule has 1 aliphatic heterocycles. The molecular formula is C17H26N2O2S. The molecule has 1 saturated heterocycles. The van der Waals surface area contributed by atoms with Crippen LogP contribution >= 0.6 is 11.8 Å². The molecule has 1 aromatic carbocycles. The summed E-state index contributed by atoms with van der Waals surface area (Å²) >= 11 is 1.91. The summed E-state index contributed by atoms with van der Waals surface area (Å²) in [7, 11) is 0. The third-order valence-electron chi connectivity index (χ3n) is 3.87. The zero-order chi connectivity index (χ0) is 16.1. The highest BCUT2D eigenvalue weighted by Gasteiger charge is 2.28. The number of benzene rings is 1. The lowest BCUT2D eigenvalue weighted by Gasteiger charge is -2.29. The molecule has 1 heterocycles. The summed E-state index contributed by atoms with van der Waals surface area (Å²) in [4.78, 5) is 12.4. The molecule has 5 heteroatoms. The zero-order valence-corrected chi connectivity index (χ0v) is 14.6. The van der Waals surface area contributed by atoms with Gasteiger partial charge in [-0.1, -0.05) is 26.0 Å². The molecule has 0 aromatic heterocycles. The molecule has 0 aliphatic carbocycles. The Kier molecular flexibility index (Phi) is 6.29. The number of rotatable bonds is 5. The number of nitrogens with one attached hydrogen (secondary N) is 2. The Morgan fingerprint density at radius 2 is 2.27 bits per heavy atom. The molecule has 1 fully saturated rings. The van der Waals surface area contributed by atoms with Crippen LogP contribution in [-0.2, 0) is 15.3 Å². The van der Waals surface area contributed by atoms with Gasteiger partial charge in [-0.25, -0.2) is 0 Å². The Bertz CT molecular complexity index is 519. The van der Waals surface area contributed by atoms with Gasteiger partial charge in [0.1, 0.15) is 6.04 Å². The average Bonchev–Trinajstić information content (AvgIpc) is 2.48. The normalized spacial score (nSPS) is 21.9. The zero-order valence-electron chi connectivity index (χ0n) is 13.8. The molecule has 2 N–H and O–H groups in total. The summed E-state index contributed by atoms with van der Waals surface area (Å²) in [5.41, 5.74) is 3.32. The van der Waals surface area contributed by atoms with Gasteiger partial charge in [-0.15, -0.1) is 0 Å². The van der Waals surface area contributed by atoms with Crippen molar-refractivity contribution >= 4 is 23.4 Å². The second-order valence-corrected chi connectivity index (χ2v) is 7.51. The molecule has 122 valence electrons. The summed E-state index contributed by atoms with van der Waals surface area (Å²) in [6.07, 6.45) is -0.103. The number of thioether (sulfide) groups is 1. The van der Waals surface area contributed by atoms with Gasteiger partial charge >= 0.3 is 0 Å². The van der Waals surface area contributed by atoms with Crippen molar-refractivity contribution in [1.29, 1.82) is 0 Å². The van der Waals surface area contributed by atoms with E-state index in [1.807, 2.05) is 30.8 Å². The van der Waals surface area contributed by atoms with Gasteiger partial charge in [0, 0.05) is 18.0 Å². The topological polar surface area (TPSA) is 50.4 Å². The van der Waals surface area contributed by atoms with Crippen molar-refractivity contribution in [2.75, 3.05) is 18.5 Å². The predicted octanol–water partition coefficient (Wildman–Crippen LogP) is 2.95. The maximum atomic E-state index is 12.4. The average molecular weight is 322 g/mol. The Balaban J connectivity index is 2.05. The summed E-state index contributed by atoms with van der Waals surface area (Å²) in [6.45, 7) is 9.76. The molecule has 1 amide bonds. The van der Waals surface area contributed by atoms with Gasteiger partial charge < -0.3 is 15.4 Å². The molecule has 0 saturated carbocycles. The lowest BCUT2D eigenvalue weighted by atomic mass is 10.1. The van der Waals surface area contributed by atoms with E-state index in [-0.39, 0.29) is 18.1 Å². The van der Waals surface area contributed by atoms with Crippen molar-refractivity contribution in [2.24, 2.45) is 0 Å². The van der Waals surface area contributed by atoms with Crippen LogP contribution in [0.5, 0.6) is 0 Å². The van der Waals surface area contributed by atoms with Gasteiger partial charge in [0.15, 0.2) is 0 Å².